The number of hydrogen-bond acceptors (Lipinski definition) is 4. The number of nitrogens with one attached hydrogen (secondary N) is 1. The predicted molar refractivity (Wildman–Crippen MR) is 86.8 cm³/mol. The SMILES string of the molecule is COc1cccc(OC)c1C(=O)NCC1CC(=O)N(C(C)C)C1. The average Bonchev–Trinajstić information content (AvgIpc) is 2.92. The summed E-state index contributed by atoms with van der Waals surface area (Å²) in [5.74, 6) is 0.958. The highest BCUT2D eigenvalue weighted by molar-refractivity contribution is 5.99. The van der Waals surface area contributed by atoms with Gasteiger partial charge in [0.1, 0.15) is 17.1 Å². The third kappa shape index (κ3) is 3.75. The first-order valence-corrected chi connectivity index (χ1v) is 7.76. The van der Waals surface area contributed by atoms with Crippen LogP contribution in [0.4, 0.5) is 0 Å². The van der Waals surface area contributed by atoms with Gasteiger partial charge in [0.15, 0.2) is 0 Å². The first-order valence-electron chi connectivity index (χ1n) is 7.76. The van der Waals surface area contributed by atoms with Crippen LogP contribution in [0.15, 0.2) is 18.2 Å². The number of nitrogens with zero attached hydrogens (tertiary/aromatic N) is 1. The van der Waals surface area contributed by atoms with Crippen molar-refractivity contribution in [3.63, 3.8) is 0 Å². The molecule has 1 unspecified atom stereocenters. The van der Waals surface area contributed by atoms with Crippen LogP contribution < -0.4 is 14.8 Å². The lowest BCUT2D eigenvalue weighted by atomic mass is 10.1. The number of benzene rings is 1. The maximum atomic E-state index is 12.5. The van der Waals surface area contributed by atoms with Crippen LogP contribution >= 0.6 is 0 Å². The van der Waals surface area contributed by atoms with Crippen LogP contribution in [0.3, 0.4) is 0 Å². The molecule has 1 aliphatic heterocycles. The molecule has 6 nitrogen and oxygen atoms in total. The van der Waals surface area contributed by atoms with Crippen LogP contribution in [0.1, 0.15) is 30.6 Å². The predicted octanol–water partition coefficient (Wildman–Crippen LogP) is 1.69. The first kappa shape index (κ1) is 17.1. The van der Waals surface area contributed by atoms with Crippen LogP contribution in [0.5, 0.6) is 11.5 Å². The van der Waals surface area contributed by atoms with Gasteiger partial charge in [0.25, 0.3) is 5.91 Å². The molecule has 1 aromatic carbocycles. The Hall–Kier alpha value is -2.24. The average molecular weight is 320 g/mol. The van der Waals surface area contributed by atoms with E-state index in [1.165, 1.54) is 14.2 Å². The minimum absolute atomic E-state index is 0.134. The van der Waals surface area contributed by atoms with E-state index < -0.39 is 0 Å². The van der Waals surface area contributed by atoms with Gasteiger partial charge in [-0.3, -0.25) is 9.59 Å². The Morgan fingerprint density at radius 3 is 2.39 bits per heavy atom. The third-order valence-electron chi connectivity index (χ3n) is 4.07. The van der Waals surface area contributed by atoms with Crippen molar-refractivity contribution in [2.45, 2.75) is 26.3 Å². The molecule has 1 atom stereocenters. The number of amides is 2. The van der Waals surface area contributed by atoms with Crippen molar-refractivity contribution in [1.29, 1.82) is 0 Å². The fraction of sp³-hybridized carbons (Fsp3) is 0.529. The molecule has 1 fully saturated rings. The molecular formula is C17H24N2O4. The highest BCUT2D eigenvalue weighted by Crippen LogP contribution is 2.28. The highest BCUT2D eigenvalue weighted by Gasteiger charge is 2.31. The van der Waals surface area contributed by atoms with E-state index in [1.54, 1.807) is 18.2 Å². The topological polar surface area (TPSA) is 67.9 Å². The summed E-state index contributed by atoms with van der Waals surface area (Å²) in [6.07, 6.45) is 0.474. The maximum absolute atomic E-state index is 12.5. The van der Waals surface area contributed by atoms with E-state index in [4.69, 9.17) is 9.47 Å². The minimum Gasteiger partial charge on any atom is -0.496 e. The van der Waals surface area contributed by atoms with E-state index in [9.17, 15) is 9.59 Å². The van der Waals surface area contributed by atoms with E-state index in [0.717, 1.165) is 0 Å². The van der Waals surface area contributed by atoms with Gasteiger partial charge in [-0.1, -0.05) is 6.07 Å². The fourth-order valence-corrected chi connectivity index (χ4v) is 2.84. The van der Waals surface area contributed by atoms with Gasteiger partial charge in [0.2, 0.25) is 5.91 Å². The molecule has 1 saturated heterocycles. The Bertz CT molecular complexity index is 564. The molecule has 1 aliphatic rings. The number of hydrogen-bond donors (Lipinski definition) is 1. The molecule has 2 amide bonds. The Balaban J connectivity index is 2.02. The molecule has 0 aromatic heterocycles. The van der Waals surface area contributed by atoms with Crippen LogP contribution in [-0.4, -0.2) is 50.1 Å². The molecule has 1 heterocycles. The molecular weight excluding hydrogens is 296 g/mol. The Morgan fingerprint density at radius 2 is 1.91 bits per heavy atom. The normalized spacial score (nSPS) is 17.5. The van der Waals surface area contributed by atoms with Gasteiger partial charge in [-0.05, 0) is 26.0 Å². The molecule has 23 heavy (non-hydrogen) atoms. The van der Waals surface area contributed by atoms with Crippen LogP contribution in [0, 0.1) is 5.92 Å². The second-order valence-electron chi connectivity index (χ2n) is 5.96. The van der Waals surface area contributed by atoms with Crippen LogP contribution in [0.25, 0.3) is 0 Å². The largest absolute Gasteiger partial charge is 0.496 e. The Kier molecular flexibility index (Phi) is 5.47. The van der Waals surface area contributed by atoms with Crippen LogP contribution in [-0.2, 0) is 4.79 Å². The zero-order chi connectivity index (χ0) is 17.0. The van der Waals surface area contributed by atoms with Gasteiger partial charge in [-0.15, -0.1) is 0 Å². The molecule has 1 aromatic rings. The van der Waals surface area contributed by atoms with E-state index >= 15 is 0 Å². The molecule has 1 N–H and O–H groups in total. The maximum Gasteiger partial charge on any atom is 0.258 e. The van der Waals surface area contributed by atoms with Gasteiger partial charge < -0.3 is 19.7 Å². The van der Waals surface area contributed by atoms with E-state index in [1.807, 2.05) is 18.7 Å². The molecule has 0 spiro atoms. The van der Waals surface area contributed by atoms with E-state index in [-0.39, 0.29) is 23.8 Å². The number of ether oxygens (including phenoxy) is 2. The second-order valence-corrected chi connectivity index (χ2v) is 5.96. The summed E-state index contributed by atoms with van der Waals surface area (Å²) in [5.41, 5.74) is 0.377. The zero-order valence-corrected chi connectivity index (χ0v) is 14.1. The zero-order valence-electron chi connectivity index (χ0n) is 14.1. The third-order valence-corrected chi connectivity index (χ3v) is 4.07. The Morgan fingerprint density at radius 1 is 1.30 bits per heavy atom. The van der Waals surface area contributed by atoms with Crippen molar-refractivity contribution in [3.05, 3.63) is 23.8 Å². The lowest BCUT2D eigenvalue weighted by Gasteiger charge is -2.21. The quantitative estimate of drug-likeness (QED) is 0.866. The lowest BCUT2D eigenvalue weighted by molar-refractivity contribution is -0.129. The van der Waals surface area contributed by atoms with Crippen molar-refractivity contribution in [1.82, 2.24) is 10.2 Å². The molecule has 0 radical (unpaired) electrons. The summed E-state index contributed by atoms with van der Waals surface area (Å²) in [6, 6.07) is 5.40. The number of rotatable bonds is 6. The summed E-state index contributed by atoms with van der Waals surface area (Å²) >= 11 is 0. The van der Waals surface area contributed by atoms with Crippen molar-refractivity contribution in [2.75, 3.05) is 27.3 Å². The number of carbonyl (C=O) groups is 2. The van der Waals surface area contributed by atoms with Gasteiger partial charge in [-0.25, -0.2) is 0 Å². The Labute approximate surface area is 136 Å². The summed E-state index contributed by atoms with van der Waals surface area (Å²) in [5, 5.41) is 2.89. The second kappa shape index (κ2) is 7.35. The van der Waals surface area contributed by atoms with Crippen molar-refractivity contribution < 1.29 is 19.1 Å². The molecule has 6 heteroatoms. The number of methoxy groups -OCH3 is 2. The van der Waals surface area contributed by atoms with Gasteiger partial charge in [0.05, 0.1) is 14.2 Å². The van der Waals surface area contributed by atoms with Gasteiger partial charge >= 0.3 is 0 Å². The van der Waals surface area contributed by atoms with E-state index in [2.05, 4.69) is 5.32 Å². The smallest absolute Gasteiger partial charge is 0.258 e. The molecule has 0 bridgehead atoms. The fourth-order valence-electron chi connectivity index (χ4n) is 2.84. The first-order chi connectivity index (χ1) is 11.0. The minimum atomic E-state index is -0.255. The monoisotopic (exact) mass is 320 g/mol. The van der Waals surface area contributed by atoms with Crippen LogP contribution in [0.2, 0.25) is 0 Å². The van der Waals surface area contributed by atoms with Crippen molar-refractivity contribution in [3.8, 4) is 11.5 Å². The molecule has 2 rings (SSSR count). The van der Waals surface area contributed by atoms with E-state index in [0.29, 0.717) is 36.6 Å². The lowest BCUT2D eigenvalue weighted by Crippen LogP contribution is -2.34. The summed E-state index contributed by atoms with van der Waals surface area (Å²) in [7, 11) is 3.03. The summed E-state index contributed by atoms with van der Waals surface area (Å²) in [4.78, 5) is 26.3. The van der Waals surface area contributed by atoms with Gasteiger partial charge in [0, 0.05) is 31.5 Å². The molecule has 126 valence electrons. The standard InChI is InChI=1S/C17H24N2O4/c1-11(2)19-10-12(8-15(19)20)9-18-17(21)16-13(22-3)6-5-7-14(16)23-4/h5-7,11-12H,8-10H2,1-4H3,(H,18,21). The molecule has 0 aliphatic carbocycles. The number of likely N-dealkylation sites (tertiary alicyclic amines) is 1. The summed E-state index contributed by atoms with van der Waals surface area (Å²) < 4.78 is 10.5. The molecule has 0 saturated carbocycles. The summed E-state index contributed by atoms with van der Waals surface area (Å²) in [6.45, 7) is 5.13. The number of carbonyl (C=O) groups excluding carboxylic acids is 2. The van der Waals surface area contributed by atoms with Gasteiger partial charge in [-0.2, -0.15) is 0 Å². The van der Waals surface area contributed by atoms with Crippen molar-refractivity contribution >= 4 is 11.8 Å². The van der Waals surface area contributed by atoms with Crippen molar-refractivity contribution in [2.24, 2.45) is 5.92 Å². The highest BCUT2D eigenvalue weighted by atomic mass is 16.5.